The monoisotopic (exact) mass is 510 g/mol. The number of benzene rings is 2. The number of urea groups is 1. The number of hydrogen-bond acceptors (Lipinski definition) is 4. The van der Waals surface area contributed by atoms with Gasteiger partial charge in [0.05, 0.1) is 17.1 Å². The lowest BCUT2D eigenvalue weighted by Gasteiger charge is -2.19. The molecule has 9 nitrogen and oxygen atoms in total. The van der Waals surface area contributed by atoms with E-state index in [1.54, 1.807) is 30.3 Å². The molecule has 5 N–H and O–H groups in total. The van der Waals surface area contributed by atoms with Crippen molar-refractivity contribution in [2.24, 2.45) is 5.73 Å². The van der Waals surface area contributed by atoms with Crippen molar-refractivity contribution >= 4 is 40.5 Å². The van der Waals surface area contributed by atoms with E-state index in [2.05, 4.69) is 20.6 Å². The van der Waals surface area contributed by atoms with Crippen LogP contribution in [0.4, 0.5) is 4.79 Å². The van der Waals surface area contributed by atoms with Crippen molar-refractivity contribution in [1.82, 2.24) is 25.5 Å². The van der Waals surface area contributed by atoms with E-state index >= 15 is 0 Å². The van der Waals surface area contributed by atoms with E-state index in [9.17, 15) is 14.4 Å². The molecule has 4 rings (SSSR count). The second kappa shape index (κ2) is 11.4. The van der Waals surface area contributed by atoms with Crippen molar-refractivity contribution in [3.8, 4) is 0 Å². The molecule has 4 amide bonds. The van der Waals surface area contributed by atoms with Gasteiger partial charge in [0.2, 0.25) is 0 Å². The van der Waals surface area contributed by atoms with Crippen molar-refractivity contribution in [3.05, 3.63) is 63.9 Å². The van der Waals surface area contributed by atoms with Crippen molar-refractivity contribution in [2.45, 2.75) is 45.1 Å². The molecule has 0 spiro atoms. The topological polar surface area (TPSA) is 133 Å². The molecule has 10 heteroatoms. The zero-order valence-electron chi connectivity index (χ0n) is 20.3. The van der Waals surface area contributed by atoms with Gasteiger partial charge in [0.15, 0.2) is 0 Å². The molecule has 0 bridgehead atoms. The van der Waals surface area contributed by atoms with E-state index < -0.39 is 6.03 Å². The first kappa shape index (κ1) is 25.5. The van der Waals surface area contributed by atoms with Gasteiger partial charge in [0.1, 0.15) is 5.82 Å². The zero-order chi connectivity index (χ0) is 25.7. The molecule has 1 saturated heterocycles. The van der Waals surface area contributed by atoms with Crippen molar-refractivity contribution in [1.29, 1.82) is 0 Å². The Hall–Kier alpha value is -3.59. The number of H-pyrrole nitrogens is 1. The number of aromatic amines is 1. The fourth-order valence-corrected chi connectivity index (χ4v) is 4.67. The quantitative estimate of drug-likeness (QED) is 0.323. The third-order valence-corrected chi connectivity index (χ3v) is 6.66. The number of primary amides is 1. The molecule has 1 aliphatic rings. The average molecular weight is 511 g/mol. The van der Waals surface area contributed by atoms with E-state index in [1.807, 2.05) is 17.9 Å². The molecule has 190 valence electrons. The number of nitrogens with one attached hydrogen (secondary N) is 3. The van der Waals surface area contributed by atoms with Crippen LogP contribution in [0.3, 0.4) is 0 Å². The first-order valence-corrected chi connectivity index (χ1v) is 12.6. The van der Waals surface area contributed by atoms with E-state index in [4.69, 9.17) is 17.3 Å². The van der Waals surface area contributed by atoms with Crippen LogP contribution in [0, 0.1) is 6.92 Å². The molecule has 36 heavy (non-hydrogen) atoms. The predicted molar refractivity (Wildman–Crippen MR) is 139 cm³/mol. The van der Waals surface area contributed by atoms with Gasteiger partial charge in [-0.3, -0.25) is 9.59 Å². The van der Waals surface area contributed by atoms with Gasteiger partial charge in [-0.2, -0.15) is 0 Å². The summed E-state index contributed by atoms with van der Waals surface area (Å²) >= 11 is 6.11. The number of nitrogens with zero attached hydrogens (tertiary/aromatic N) is 2. The Kier molecular flexibility index (Phi) is 8.10. The number of unbranched alkanes of at least 4 members (excludes halogenated alkanes) is 1. The summed E-state index contributed by atoms with van der Waals surface area (Å²) in [6, 6.07) is 9.64. The number of carbonyl (C=O) groups is 3. The maximum absolute atomic E-state index is 13.2. The Balaban J connectivity index is 1.49. The standard InChI is InChI=1S/C26H31ClN6O3/c1-16-14-17(7-9-19(16)25(35)33-12-4-5-13-33)24(34)32-21(6-2-3-11-29-26(28)36)23-30-20-10-8-18(27)15-22(20)31-23/h7-10,14-15,21H,2-6,11-13H2,1H3,(H,30,31)(H,32,34)(H3,28,29,36)/t21-/m0/s1. The number of aromatic nitrogens is 2. The number of halogens is 1. The molecule has 1 fully saturated rings. The van der Waals surface area contributed by atoms with E-state index in [0.717, 1.165) is 43.4 Å². The van der Waals surface area contributed by atoms with Gasteiger partial charge < -0.3 is 26.3 Å². The normalized spacial score (nSPS) is 14.1. The van der Waals surface area contributed by atoms with Gasteiger partial charge in [0, 0.05) is 35.8 Å². The number of amides is 4. The Morgan fingerprint density at radius 1 is 1.14 bits per heavy atom. The number of hydrogen-bond donors (Lipinski definition) is 4. The molecule has 1 aromatic heterocycles. The highest BCUT2D eigenvalue weighted by atomic mass is 35.5. The molecule has 0 radical (unpaired) electrons. The second-order valence-corrected chi connectivity index (χ2v) is 9.56. The summed E-state index contributed by atoms with van der Waals surface area (Å²) in [6.45, 7) is 3.86. The summed E-state index contributed by atoms with van der Waals surface area (Å²) in [6.07, 6.45) is 4.09. The maximum atomic E-state index is 13.2. The number of likely N-dealkylation sites (tertiary alicyclic amines) is 1. The summed E-state index contributed by atoms with van der Waals surface area (Å²) in [5.74, 6) is 0.387. The third kappa shape index (κ3) is 6.15. The maximum Gasteiger partial charge on any atom is 0.312 e. The molecule has 0 unspecified atom stereocenters. The van der Waals surface area contributed by atoms with Crippen LogP contribution in [0.1, 0.15) is 70.2 Å². The van der Waals surface area contributed by atoms with Crippen LogP contribution in [0.5, 0.6) is 0 Å². The second-order valence-electron chi connectivity index (χ2n) is 9.13. The Labute approximate surface area is 214 Å². The Bertz CT molecular complexity index is 1270. The van der Waals surface area contributed by atoms with Crippen LogP contribution in [-0.2, 0) is 0 Å². The largest absolute Gasteiger partial charge is 0.352 e. The molecular weight excluding hydrogens is 480 g/mol. The van der Waals surface area contributed by atoms with Gasteiger partial charge in [0.25, 0.3) is 11.8 Å². The van der Waals surface area contributed by atoms with Crippen LogP contribution in [-0.4, -0.2) is 52.3 Å². The minimum absolute atomic E-state index is 0.0142. The molecule has 0 aliphatic carbocycles. The summed E-state index contributed by atoms with van der Waals surface area (Å²) < 4.78 is 0. The molecule has 3 aromatic rings. The van der Waals surface area contributed by atoms with Crippen LogP contribution < -0.4 is 16.4 Å². The number of rotatable bonds is 9. The van der Waals surface area contributed by atoms with Crippen LogP contribution in [0.15, 0.2) is 36.4 Å². The lowest BCUT2D eigenvalue weighted by Crippen LogP contribution is -2.31. The highest BCUT2D eigenvalue weighted by Gasteiger charge is 2.23. The lowest BCUT2D eigenvalue weighted by molar-refractivity contribution is 0.0791. The first-order chi connectivity index (χ1) is 17.3. The Morgan fingerprint density at radius 3 is 2.64 bits per heavy atom. The van der Waals surface area contributed by atoms with Crippen LogP contribution in [0.25, 0.3) is 11.0 Å². The SMILES string of the molecule is Cc1cc(C(=O)N[C@@H](CCCCNC(N)=O)c2nc3cc(Cl)ccc3[nH]2)ccc1C(=O)N1CCCC1. The van der Waals surface area contributed by atoms with E-state index in [1.165, 1.54) is 0 Å². The predicted octanol–water partition coefficient (Wildman–Crippen LogP) is 4.07. The van der Waals surface area contributed by atoms with Gasteiger partial charge in [-0.1, -0.05) is 11.6 Å². The molecule has 1 aliphatic heterocycles. The molecule has 2 aromatic carbocycles. The number of imidazole rings is 1. The lowest BCUT2D eigenvalue weighted by atomic mass is 10.0. The van der Waals surface area contributed by atoms with Gasteiger partial charge in [-0.15, -0.1) is 0 Å². The van der Waals surface area contributed by atoms with Gasteiger partial charge in [-0.05, 0) is 81.0 Å². The highest BCUT2D eigenvalue weighted by Crippen LogP contribution is 2.24. The van der Waals surface area contributed by atoms with E-state index in [0.29, 0.717) is 46.9 Å². The smallest absolute Gasteiger partial charge is 0.312 e. The number of fused-ring (bicyclic) bond motifs is 1. The number of aryl methyl sites for hydroxylation is 1. The summed E-state index contributed by atoms with van der Waals surface area (Å²) in [5.41, 5.74) is 8.54. The van der Waals surface area contributed by atoms with Gasteiger partial charge in [-0.25, -0.2) is 9.78 Å². The Morgan fingerprint density at radius 2 is 1.92 bits per heavy atom. The number of carbonyl (C=O) groups excluding carboxylic acids is 3. The molecular formula is C26H31ClN6O3. The number of nitrogens with two attached hydrogens (primary N) is 1. The fourth-order valence-electron chi connectivity index (χ4n) is 4.50. The molecule has 1 atom stereocenters. The third-order valence-electron chi connectivity index (χ3n) is 6.43. The van der Waals surface area contributed by atoms with Crippen molar-refractivity contribution in [3.63, 3.8) is 0 Å². The van der Waals surface area contributed by atoms with Gasteiger partial charge >= 0.3 is 6.03 Å². The van der Waals surface area contributed by atoms with Crippen molar-refractivity contribution in [2.75, 3.05) is 19.6 Å². The molecule has 2 heterocycles. The van der Waals surface area contributed by atoms with Crippen LogP contribution in [0.2, 0.25) is 5.02 Å². The first-order valence-electron chi connectivity index (χ1n) is 12.2. The van der Waals surface area contributed by atoms with Crippen LogP contribution >= 0.6 is 11.6 Å². The summed E-state index contributed by atoms with van der Waals surface area (Å²) in [4.78, 5) is 46.7. The molecule has 0 saturated carbocycles. The summed E-state index contributed by atoms with van der Waals surface area (Å²) in [5, 5.41) is 6.24. The minimum Gasteiger partial charge on any atom is -0.352 e. The van der Waals surface area contributed by atoms with Crippen molar-refractivity contribution < 1.29 is 14.4 Å². The highest BCUT2D eigenvalue weighted by molar-refractivity contribution is 6.31. The fraction of sp³-hybridized carbons (Fsp3) is 0.385. The average Bonchev–Trinajstić information content (AvgIpc) is 3.52. The van der Waals surface area contributed by atoms with E-state index in [-0.39, 0.29) is 17.9 Å². The zero-order valence-corrected chi connectivity index (χ0v) is 21.0. The summed E-state index contributed by atoms with van der Waals surface area (Å²) in [7, 11) is 0. The minimum atomic E-state index is -0.559.